The van der Waals surface area contributed by atoms with E-state index in [1.165, 1.54) is 13.1 Å². The normalized spacial score (nSPS) is 13.1. The number of aromatic nitrogens is 3. The molecule has 0 fully saturated rings. The summed E-state index contributed by atoms with van der Waals surface area (Å²) in [5, 5.41) is 7.31. The van der Waals surface area contributed by atoms with Crippen molar-refractivity contribution in [3.05, 3.63) is 58.8 Å². The first-order chi connectivity index (χ1) is 13.6. The summed E-state index contributed by atoms with van der Waals surface area (Å²) in [6, 6.07) is 1.84. The van der Waals surface area contributed by atoms with E-state index in [0.717, 1.165) is 10.5 Å². The van der Waals surface area contributed by atoms with Gasteiger partial charge in [0.1, 0.15) is 24.1 Å². The highest BCUT2D eigenvalue weighted by Gasteiger charge is 2.39. The fraction of sp³-hybridized carbons (Fsp3) is 0.333. The van der Waals surface area contributed by atoms with Gasteiger partial charge in [-0.2, -0.15) is 13.2 Å². The summed E-state index contributed by atoms with van der Waals surface area (Å²) in [4.78, 5) is 0. The third kappa shape index (κ3) is 4.14. The molecule has 1 atom stereocenters. The van der Waals surface area contributed by atoms with E-state index in [9.17, 15) is 26.3 Å². The first kappa shape index (κ1) is 20.9. The number of halogens is 6. The van der Waals surface area contributed by atoms with Crippen molar-refractivity contribution in [3.63, 3.8) is 0 Å². The van der Waals surface area contributed by atoms with Crippen molar-refractivity contribution in [1.82, 2.24) is 14.6 Å². The minimum Gasteiger partial charge on any atom is -0.480 e. The Morgan fingerprint density at radius 2 is 1.76 bits per heavy atom. The Labute approximate surface area is 160 Å². The van der Waals surface area contributed by atoms with Crippen LogP contribution in [0.3, 0.4) is 0 Å². The van der Waals surface area contributed by atoms with Gasteiger partial charge in [0.25, 0.3) is 0 Å². The molecule has 0 aliphatic rings. The lowest BCUT2D eigenvalue weighted by atomic mass is 10.0. The van der Waals surface area contributed by atoms with Gasteiger partial charge in [-0.05, 0) is 19.9 Å². The number of benzene rings is 1. The summed E-state index contributed by atoms with van der Waals surface area (Å²) in [5.74, 6) is -4.74. The minimum absolute atomic E-state index is 0.0492. The number of fused-ring (bicyclic) bond motifs is 1. The molecule has 3 rings (SSSR count). The van der Waals surface area contributed by atoms with Gasteiger partial charge in [0.2, 0.25) is 0 Å². The number of ether oxygens (including phenoxy) is 2. The highest BCUT2D eigenvalue weighted by molar-refractivity contribution is 5.54. The van der Waals surface area contributed by atoms with E-state index in [1.807, 2.05) is 0 Å². The van der Waals surface area contributed by atoms with E-state index < -0.39 is 52.3 Å². The molecule has 1 aromatic carbocycles. The van der Waals surface area contributed by atoms with Gasteiger partial charge in [0.05, 0.1) is 0 Å². The molecule has 156 valence electrons. The molecule has 3 aromatic rings. The van der Waals surface area contributed by atoms with Crippen molar-refractivity contribution in [3.8, 4) is 5.75 Å². The van der Waals surface area contributed by atoms with E-state index in [2.05, 4.69) is 10.2 Å². The van der Waals surface area contributed by atoms with Gasteiger partial charge in [-0.1, -0.05) is 0 Å². The monoisotopic (exact) mass is 419 g/mol. The maximum absolute atomic E-state index is 13.8. The number of alkyl halides is 3. The zero-order chi connectivity index (χ0) is 21.3. The summed E-state index contributed by atoms with van der Waals surface area (Å²) in [6.45, 7) is 3.18. The molecule has 0 unspecified atom stereocenters. The van der Waals surface area contributed by atoms with E-state index >= 15 is 0 Å². The van der Waals surface area contributed by atoms with Crippen molar-refractivity contribution in [2.75, 3.05) is 6.61 Å². The van der Waals surface area contributed by atoms with Crippen molar-refractivity contribution in [1.29, 1.82) is 0 Å². The molecule has 0 aliphatic carbocycles. The van der Waals surface area contributed by atoms with Crippen LogP contribution in [0.1, 0.15) is 36.9 Å². The zero-order valence-corrected chi connectivity index (χ0v) is 15.2. The third-order valence-electron chi connectivity index (χ3n) is 4.10. The fourth-order valence-electron chi connectivity index (χ4n) is 2.82. The molecule has 11 heteroatoms. The molecule has 0 saturated carbocycles. The van der Waals surface area contributed by atoms with Crippen LogP contribution in [0.4, 0.5) is 26.3 Å². The van der Waals surface area contributed by atoms with E-state index in [-0.39, 0.29) is 12.4 Å². The molecule has 0 N–H and O–H groups in total. The summed E-state index contributed by atoms with van der Waals surface area (Å²) in [5.41, 5.74) is -2.07. The molecule has 5 nitrogen and oxygen atoms in total. The predicted molar refractivity (Wildman–Crippen MR) is 88.7 cm³/mol. The third-order valence-corrected chi connectivity index (χ3v) is 4.10. The molecule has 0 bridgehead atoms. The van der Waals surface area contributed by atoms with E-state index in [4.69, 9.17) is 9.47 Å². The predicted octanol–water partition coefficient (Wildman–Crippen LogP) is 4.84. The van der Waals surface area contributed by atoms with Gasteiger partial charge < -0.3 is 9.47 Å². The second-order valence-corrected chi connectivity index (χ2v) is 6.05. The topological polar surface area (TPSA) is 48.7 Å². The van der Waals surface area contributed by atoms with Gasteiger partial charge in [0.15, 0.2) is 28.9 Å². The summed E-state index contributed by atoms with van der Waals surface area (Å²) in [6.07, 6.45) is -5.00. The maximum atomic E-state index is 13.8. The molecule has 0 spiro atoms. The molecule has 0 amide bonds. The van der Waals surface area contributed by atoms with Crippen LogP contribution in [0.15, 0.2) is 24.4 Å². The van der Waals surface area contributed by atoms with Crippen LogP contribution in [-0.2, 0) is 17.5 Å². The zero-order valence-electron chi connectivity index (χ0n) is 15.2. The summed E-state index contributed by atoms with van der Waals surface area (Å²) < 4.78 is 93.4. The fourth-order valence-corrected chi connectivity index (χ4v) is 2.82. The van der Waals surface area contributed by atoms with Crippen LogP contribution in [0.25, 0.3) is 5.65 Å². The minimum atomic E-state index is -4.86. The average molecular weight is 419 g/mol. The first-order valence-corrected chi connectivity index (χ1v) is 8.46. The lowest BCUT2D eigenvalue weighted by molar-refractivity contribution is -0.138. The smallest absolute Gasteiger partial charge is 0.420 e. The van der Waals surface area contributed by atoms with E-state index in [1.54, 1.807) is 6.92 Å². The van der Waals surface area contributed by atoms with E-state index in [0.29, 0.717) is 18.7 Å². The molecule has 29 heavy (non-hydrogen) atoms. The number of hydrogen-bond acceptors (Lipinski definition) is 4. The Balaban J connectivity index is 2.07. The Bertz CT molecular complexity index is 1010. The lowest BCUT2D eigenvalue weighted by Crippen LogP contribution is -2.17. The van der Waals surface area contributed by atoms with Crippen LogP contribution in [0, 0.1) is 17.5 Å². The van der Waals surface area contributed by atoms with Gasteiger partial charge in [-0.15, -0.1) is 10.2 Å². The summed E-state index contributed by atoms with van der Waals surface area (Å²) >= 11 is 0. The Morgan fingerprint density at radius 1 is 1.10 bits per heavy atom. The molecular formula is C18H15F6N3O2. The van der Waals surface area contributed by atoms with Crippen LogP contribution in [-0.4, -0.2) is 21.2 Å². The van der Waals surface area contributed by atoms with Crippen molar-refractivity contribution >= 4 is 5.65 Å². The highest BCUT2D eigenvalue weighted by Crippen LogP contribution is 2.39. The van der Waals surface area contributed by atoms with Crippen LogP contribution in [0.5, 0.6) is 5.75 Å². The van der Waals surface area contributed by atoms with Crippen molar-refractivity contribution in [2.24, 2.45) is 0 Å². The Kier molecular flexibility index (Phi) is 5.69. The molecule has 0 aliphatic heterocycles. The average Bonchev–Trinajstić information content (AvgIpc) is 3.03. The second kappa shape index (κ2) is 7.90. The van der Waals surface area contributed by atoms with Gasteiger partial charge in [-0.25, -0.2) is 13.2 Å². The molecule has 0 saturated heterocycles. The Hall–Kier alpha value is -2.82. The van der Waals surface area contributed by atoms with Gasteiger partial charge in [0, 0.05) is 30.5 Å². The van der Waals surface area contributed by atoms with Crippen LogP contribution >= 0.6 is 0 Å². The molecular weight excluding hydrogens is 404 g/mol. The molecule has 0 radical (unpaired) electrons. The number of pyridine rings is 1. The van der Waals surface area contributed by atoms with Crippen LogP contribution < -0.4 is 4.74 Å². The number of hydrogen-bond donors (Lipinski definition) is 0. The molecule has 2 aromatic heterocycles. The standard InChI is InChI=1S/C18H15F6N3O2/c1-3-28-8-14-25-26-17-15(18(22,23)24)11(4-5-27(14)17)9(2)29-16-12(20)6-10(19)7-13(16)21/h4-7,9H,3,8H2,1-2H3/t9-/m1/s1. The van der Waals surface area contributed by atoms with Crippen molar-refractivity contribution < 1.29 is 35.8 Å². The second-order valence-electron chi connectivity index (χ2n) is 6.05. The van der Waals surface area contributed by atoms with Gasteiger partial charge >= 0.3 is 6.18 Å². The molecule has 2 heterocycles. The van der Waals surface area contributed by atoms with Crippen molar-refractivity contribution in [2.45, 2.75) is 32.7 Å². The maximum Gasteiger partial charge on any atom is 0.420 e. The summed E-state index contributed by atoms with van der Waals surface area (Å²) in [7, 11) is 0. The Morgan fingerprint density at radius 3 is 2.34 bits per heavy atom. The number of nitrogens with zero attached hydrogens (tertiary/aromatic N) is 3. The highest BCUT2D eigenvalue weighted by atomic mass is 19.4. The van der Waals surface area contributed by atoms with Gasteiger partial charge in [-0.3, -0.25) is 4.40 Å². The SMILES string of the molecule is CCOCc1nnc2c(C(F)(F)F)c([C@@H](C)Oc3c(F)cc(F)cc3F)ccn12. The number of rotatable bonds is 6. The lowest BCUT2D eigenvalue weighted by Gasteiger charge is -2.21. The quantitative estimate of drug-likeness (QED) is 0.537. The largest absolute Gasteiger partial charge is 0.480 e. The van der Waals surface area contributed by atoms with Crippen LogP contribution in [0.2, 0.25) is 0 Å². The first-order valence-electron chi connectivity index (χ1n) is 8.46.